The number of carbonyl (C=O) groups is 4. The molecule has 1 rings (SSSR count). The molecule has 0 aromatic heterocycles. The van der Waals surface area contributed by atoms with Crippen molar-refractivity contribution < 1.29 is 24.3 Å². The molecule has 0 aliphatic carbocycles. The second kappa shape index (κ2) is 14.1. The largest absolute Gasteiger partial charge is 0.394 e. The van der Waals surface area contributed by atoms with E-state index in [1.807, 2.05) is 0 Å². The van der Waals surface area contributed by atoms with Crippen LogP contribution >= 0.6 is 0 Å². The van der Waals surface area contributed by atoms with Crippen LogP contribution < -0.4 is 38.9 Å². The van der Waals surface area contributed by atoms with Crippen molar-refractivity contribution in [2.24, 2.45) is 33.8 Å². The number of aliphatic hydroxyl groups is 1. The van der Waals surface area contributed by atoms with Crippen molar-refractivity contribution in [2.75, 3.05) is 20.2 Å². The highest BCUT2D eigenvalue weighted by molar-refractivity contribution is 6.02. The Morgan fingerprint density at radius 3 is 2.06 bits per heavy atom. The van der Waals surface area contributed by atoms with E-state index in [-0.39, 0.29) is 31.2 Å². The van der Waals surface area contributed by atoms with Crippen LogP contribution in [0.1, 0.15) is 24.0 Å². The van der Waals surface area contributed by atoms with Gasteiger partial charge in [-0.2, -0.15) is 0 Å². The van der Waals surface area contributed by atoms with Gasteiger partial charge in [0.2, 0.25) is 23.6 Å². The minimum atomic E-state index is -1.44. The lowest BCUT2D eigenvalue weighted by molar-refractivity contribution is -0.138. The van der Waals surface area contributed by atoms with Crippen molar-refractivity contribution in [2.45, 2.75) is 31.3 Å². The summed E-state index contributed by atoms with van der Waals surface area (Å²) in [5, 5.41) is 24.2. The van der Waals surface area contributed by atoms with Gasteiger partial charge in [-0.15, -0.1) is 0 Å². The Hall–Kier alpha value is -4.20. The summed E-state index contributed by atoms with van der Waals surface area (Å²) in [4.78, 5) is 53.3. The van der Waals surface area contributed by atoms with Gasteiger partial charge in [-0.05, 0) is 24.8 Å². The third kappa shape index (κ3) is 9.67. The highest BCUT2D eigenvalue weighted by Crippen LogP contribution is 2.12. The van der Waals surface area contributed by atoms with Gasteiger partial charge in [0.15, 0.2) is 5.96 Å². The molecular formula is C21H33N9O5. The molecule has 0 saturated carbocycles. The summed E-state index contributed by atoms with van der Waals surface area (Å²) in [5.74, 6) is -4.55. The summed E-state index contributed by atoms with van der Waals surface area (Å²) >= 11 is 0. The Morgan fingerprint density at radius 2 is 1.57 bits per heavy atom. The zero-order valence-corrected chi connectivity index (χ0v) is 19.4. The van der Waals surface area contributed by atoms with E-state index in [1.54, 1.807) is 24.3 Å². The van der Waals surface area contributed by atoms with Gasteiger partial charge in [-0.3, -0.25) is 29.6 Å². The number of rotatable bonds is 14. The van der Waals surface area contributed by atoms with Crippen molar-refractivity contribution in [3.8, 4) is 0 Å². The van der Waals surface area contributed by atoms with Crippen LogP contribution in [0, 0.1) is 11.3 Å². The van der Waals surface area contributed by atoms with Gasteiger partial charge in [0, 0.05) is 19.2 Å². The summed E-state index contributed by atoms with van der Waals surface area (Å²) in [6.07, 6.45) is 0.447. The molecule has 0 heterocycles. The third-order valence-electron chi connectivity index (χ3n) is 5.00. The Morgan fingerprint density at radius 1 is 0.971 bits per heavy atom. The topological polar surface area (TPSA) is 265 Å². The van der Waals surface area contributed by atoms with E-state index in [0.717, 1.165) is 0 Å². The maximum atomic E-state index is 12.8. The Balaban J connectivity index is 2.88. The maximum absolute atomic E-state index is 12.8. The number of aliphatic imine (C=N–C) groups is 1. The van der Waals surface area contributed by atoms with E-state index in [9.17, 15) is 24.3 Å². The summed E-state index contributed by atoms with van der Waals surface area (Å²) in [7, 11) is 1.36. The minimum absolute atomic E-state index is 0.0157. The van der Waals surface area contributed by atoms with Crippen LogP contribution in [-0.2, 0) is 25.6 Å². The fourth-order valence-corrected chi connectivity index (χ4v) is 3.06. The molecule has 0 spiro atoms. The average molecular weight is 492 g/mol. The summed E-state index contributed by atoms with van der Waals surface area (Å²) in [6, 6.07) is 3.88. The summed E-state index contributed by atoms with van der Waals surface area (Å²) in [6.45, 7) is -0.575. The Bertz CT molecular complexity index is 945. The number of aliphatic hydroxyl groups excluding tert-OH is 1. The fourth-order valence-electron chi connectivity index (χ4n) is 3.06. The number of primary amides is 1. The number of nitrogens with two attached hydrogens (primary N) is 4. The van der Waals surface area contributed by atoms with Gasteiger partial charge in [0.05, 0.1) is 6.61 Å². The number of nitrogens with one attached hydrogen (secondary N) is 4. The van der Waals surface area contributed by atoms with Crippen LogP contribution in [0.15, 0.2) is 29.3 Å². The van der Waals surface area contributed by atoms with Crippen LogP contribution in [0.5, 0.6) is 0 Å². The third-order valence-corrected chi connectivity index (χ3v) is 5.00. The van der Waals surface area contributed by atoms with Gasteiger partial charge in [-0.25, -0.2) is 0 Å². The fraction of sp³-hybridized carbons (Fsp3) is 0.429. The van der Waals surface area contributed by atoms with Crippen molar-refractivity contribution in [3.05, 3.63) is 35.4 Å². The van der Waals surface area contributed by atoms with E-state index in [2.05, 4.69) is 20.9 Å². The van der Waals surface area contributed by atoms with Crippen LogP contribution in [0.4, 0.5) is 0 Å². The van der Waals surface area contributed by atoms with Gasteiger partial charge in [-0.1, -0.05) is 24.3 Å². The van der Waals surface area contributed by atoms with Crippen LogP contribution in [0.2, 0.25) is 0 Å². The number of benzene rings is 1. The highest BCUT2D eigenvalue weighted by atomic mass is 16.3. The first kappa shape index (κ1) is 28.8. The first-order valence-corrected chi connectivity index (χ1v) is 10.7. The molecule has 2 unspecified atom stereocenters. The predicted molar refractivity (Wildman–Crippen MR) is 129 cm³/mol. The number of carbonyl (C=O) groups excluding carboxylic acids is 4. The lowest BCUT2D eigenvalue weighted by Crippen LogP contribution is -2.56. The zero-order valence-electron chi connectivity index (χ0n) is 19.4. The molecule has 13 N–H and O–H groups in total. The second-order valence-electron chi connectivity index (χ2n) is 7.64. The van der Waals surface area contributed by atoms with Crippen molar-refractivity contribution in [1.82, 2.24) is 16.0 Å². The number of nitrogens with zero attached hydrogens (tertiary/aromatic N) is 1. The Labute approximate surface area is 202 Å². The summed E-state index contributed by atoms with van der Waals surface area (Å²) in [5.41, 5.74) is 22.3. The minimum Gasteiger partial charge on any atom is -0.394 e. The van der Waals surface area contributed by atoms with E-state index in [0.29, 0.717) is 17.5 Å². The number of amides is 4. The summed E-state index contributed by atoms with van der Waals surface area (Å²) < 4.78 is 0. The monoisotopic (exact) mass is 491 g/mol. The first-order chi connectivity index (χ1) is 16.5. The average Bonchev–Trinajstić information content (AvgIpc) is 2.81. The molecule has 35 heavy (non-hydrogen) atoms. The molecular weight excluding hydrogens is 458 g/mol. The predicted octanol–water partition coefficient (Wildman–Crippen LogP) is -3.62. The molecule has 0 fully saturated rings. The van der Waals surface area contributed by atoms with Crippen molar-refractivity contribution in [3.63, 3.8) is 0 Å². The normalized spacial score (nSPS) is 13.0. The van der Waals surface area contributed by atoms with E-state index in [1.165, 1.54) is 7.05 Å². The Kier molecular flexibility index (Phi) is 11.7. The van der Waals surface area contributed by atoms with E-state index >= 15 is 0 Å². The van der Waals surface area contributed by atoms with Crippen LogP contribution in [0.3, 0.4) is 0 Å². The van der Waals surface area contributed by atoms with Crippen molar-refractivity contribution in [1.29, 1.82) is 5.41 Å². The second-order valence-corrected chi connectivity index (χ2v) is 7.64. The number of nitrogen functional groups attached to an aromatic ring is 1. The molecule has 1 aromatic rings. The molecule has 1 aromatic carbocycles. The van der Waals surface area contributed by atoms with E-state index in [4.69, 9.17) is 28.3 Å². The molecule has 0 aliphatic rings. The number of guanidine groups is 1. The molecule has 0 radical (unpaired) electrons. The van der Waals surface area contributed by atoms with Crippen LogP contribution in [0.25, 0.3) is 0 Å². The highest BCUT2D eigenvalue weighted by Gasteiger charge is 2.31. The van der Waals surface area contributed by atoms with E-state index < -0.39 is 48.2 Å². The molecule has 14 heteroatoms. The zero-order chi connectivity index (χ0) is 26.5. The smallest absolute Gasteiger partial charge is 0.245 e. The number of amidine groups is 1. The number of hydrogen-bond donors (Lipinski definition) is 9. The molecule has 0 bridgehead atoms. The molecule has 0 saturated heterocycles. The molecule has 4 amide bonds. The van der Waals surface area contributed by atoms with Gasteiger partial charge < -0.3 is 44.0 Å². The molecule has 0 aliphatic heterocycles. The van der Waals surface area contributed by atoms with Crippen molar-refractivity contribution >= 4 is 35.4 Å². The molecule has 192 valence electrons. The maximum Gasteiger partial charge on any atom is 0.245 e. The lowest BCUT2D eigenvalue weighted by atomic mass is 9.96. The standard InChI is InChI=1S/C21H33N9O5/c1-27-18(33)13(9-11-4-6-12(7-5-11)16(22)23)19(34)30-15(10-31)20(35)29-14(17(24)32)3-2-8-28-21(25)26/h4-7,13-15,31H,2-3,8-10H2,1H3,(H3,22,23)(H2,24,32)(H,27,33)(H,29,35)(H,30,34)(H4,25,26,28)/t13?,14-,15?/m0/s1. The first-order valence-electron chi connectivity index (χ1n) is 10.7. The SMILES string of the molecule is CNC(=O)C(Cc1ccc(C(=N)N)cc1)C(=O)NC(CO)C(=O)N[C@@H](CCCN=C(N)N)C(N)=O. The van der Waals surface area contributed by atoms with Gasteiger partial charge in [0.1, 0.15) is 23.8 Å². The van der Waals surface area contributed by atoms with Gasteiger partial charge in [0.25, 0.3) is 0 Å². The van der Waals surface area contributed by atoms with Gasteiger partial charge >= 0.3 is 0 Å². The number of hydrogen-bond acceptors (Lipinski definition) is 7. The molecule has 14 nitrogen and oxygen atoms in total. The van der Waals surface area contributed by atoms with Crippen LogP contribution in [-0.4, -0.2) is 72.8 Å². The molecule has 3 atom stereocenters. The lowest BCUT2D eigenvalue weighted by Gasteiger charge is -2.22. The quantitative estimate of drug-likeness (QED) is 0.0541.